The van der Waals surface area contributed by atoms with Gasteiger partial charge in [-0.3, -0.25) is 4.79 Å². The van der Waals surface area contributed by atoms with Crippen LogP contribution < -0.4 is 5.32 Å². The van der Waals surface area contributed by atoms with E-state index >= 15 is 0 Å². The number of carbonyl (C=O) groups is 1. The summed E-state index contributed by atoms with van der Waals surface area (Å²) in [4.78, 5) is 12.0. The highest BCUT2D eigenvalue weighted by Gasteiger charge is 2.28. The van der Waals surface area contributed by atoms with Gasteiger partial charge < -0.3 is 9.84 Å². The molecular weight excluding hydrogens is 240 g/mol. The minimum atomic E-state index is -0.229. The van der Waals surface area contributed by atoms with Gasteiger partial charge in [0.1, 0.15) is 5.69 Å². The molecule has 1 heterocycles. The van der Waals surface area contributed by atoms with Gasteiger partial charge in [-0.2, -0.15) is 0 Å². The lowest BCUT2D eigenvalue weighted by Crippen LogP contribution is -2.43. The molecule has 1 aliphatic carbocycles. The lowest BCUT2D eigenvalue weighted by atomic mass is 9.82. The highest BCUT2D eigenvalue weighted by molar-refractivity contribution is 5.92. The first kappa shape index (κ1) is 10.8. The molecule has 1 saturated carbocycles. The minimum absolute atomic E-state index is 0.170. The van der Waals surface area contributed by atoms with E-state index in [-0.39, 0.29) is 17.7 Å². The van der Waals surface area contributed by atoms with E-state index in [9.17, 15) is 4.79 Å². The number of hydrogen-bond donors (Lipinski definition) is 1. The quantitative estimate of drug-likeness (QED) is 0.921. The first-order chi connectivity index (χ1) is 9.76. The number of aromatic nitrogens is 1. The van der Waals surface area contributed by atoms with Crippen LogP contribution >= 0.6 is 0 Å². The molecular formula is C15H16N2O2. The Morgan fingerprint density at radius 3 is 2.95 bits per heavy atom. The van der Waals surface area contributed by atoms with E-state index in [4.69, 9.17) is 5.89 Å². The summed E-state index contributed by atoms with van der Waals surface area (Å²) in [6, 6.07) is 11.4. The van der Waals surface area contributed by atoms with Crippen LogP contribution in [0.15, 0.2) is 40.9 Å². The molecule has 3 rings (SSSR count). The molecule has 4 nitrogen and oxygen atoms in total. The molecule has 4 heteroatoms. The fraction of sp³-hybridized carbons (Fsp3) is 0.333. The highest BCUT2D eigenvalue weighted by atomic mass is 16.5. The summed E-state index contributed by atoms with van der Waals surface area (Å²) in [5.41, 5.74) is 1.58. The van der Waals surface area contributed by atoms with E-state index in [1.807, 2.05) is 30.3 Å². The van der Waals surface area contributed by atoms with Crippen molar-refractivity contribution in [3.63, 3.8) is 0 Å². The predicted octanol–water partition coefficient (Wildman–Crippen LogP) is 2.87. The Morgan fingerprint density at radius 1 is 1.42 bits per heavy atom. The predicted molar refractivity (Wildman–Crippen MR) is 71.6 cm³/mol. The molecule has 0 spiro atoms. The molecule has 1 aliphatic rings. The number of carbonyl (C=O) groups excluding carboxylic acids is 1. The zero-order chi connectivity index (χ0) is 13.9. The maximum atomic E-state index is 12.0. The molecule has 1 amide bonds. The molecule has 0 atom stereocenters. The molecule has 1 aromatic carbocycles. The molecule has 0 unspecified atom stereocenters. The van der Waals surface area contributed by atoms with Crippen LogP contribution in [0.4, 0.5) is 0 Å². The van der Waals surface area contributed by atoms with Crippen molar-refractivity contribution in [1.29, 1.82) is 0 Å². The molecule has 0 saturated heterocycles. The molecule has 0 radical (unpaired) electrons. The largest absolute Gasteiger partial charge is 0.350 e. The van der Waals surface area contributed by atoms with E-state index in [1.165, 1.54) is 0 Å². The van der Waals surface area contributed by atoms with Crippen molar-refractivity contribution < 1.29 is 10.7 Å². The van der Waals surface area contributed by atoms with Gasteiger partial charge in [0, 0.05) is 19.0 Å². The summed E-state index contributed by atoms with van der Waals surface area (Å²) in [6.45, 7) is 0.437. The third-order valence-electron chi connectivity index (χ3n) is 3.37. The average Bonchev–Trinajstić information content (AvgIpc) is 2.93. The first-order valence-electron chi connectivity index (χ1n) is 7.09. The zero-order valence-electron chi connectivity index (χ0n) is 11.5. The van der Waals surface area contributed by atoms with Crippen molar-refractivity contribution in [2.24, 2.45) is 5.92 Å². The fourth-order valence-electron chi connectivity index (χ4n) is 2.24. The van der Waals surface area contributed by atoms with Gasteiger partial charge in [-0.05, 0) is 18.8 Å². The summed E-state index contributed by atoms with van der Waals surface area (Å²) < 4.78 is 12.4. The molecule has 1 fully saturated rings. The van der Waals surface area contributed by atoms with Gasteiger partial charge in [-0.15, -0.1) is 0 Å². The molecule has 1 N–H and O–H groups in total. The maximum Gasteiger partial charge on any atom is 0.290 e. The zero-order valence-corrected chi connectivity index (χ0v) is 10.5. The lowest BCUT2D eigenvalue weighted by molar-refractivity contribution is 0.0858. The van der Waals surface area contributed by atoms with E-state index < -0.39 is 0 Å². The van der Waals surface area contributed by atoms with Crippen molar-refractivity contribution in [3.05, 3.63) is 42.2 Å². The molecule has 1 aromatic heterocycles. The number of nitrogens with zero attached hydrogens (tertiary/aromatic N) is 1. The minimum Gasteiger partial charge on any atom is -0.350 e. The Labute approximate surface area is 113 Å². The van der Waals surface area contributed by atoms with Crippen LogP contribution in [-0.2, 0) is 0 Å². The summed E-state index contributed by atoms with van der Waals surface area (Å²) in [7, 11) is 0. The van der Waals surface area contributed by atoms with Crippen LogP contribution in [0.2, 0.25) is 0 Å². The van der Waals surface area contributed by atoms with E-state index in [0.717, 1.165) is 18.4 Å². The fourth-order valence-corrected chi connectivity index (χ4v) is 2.24. The smallest absolute Gasteiger partial charge is 0.290 e. The van der Waals surface area contributed by atoms with Crippen LogP contribution in [0.1, 0.15) is 31.7 Å². The Hall–Kier alpha value is -2.10. The maximum absolute atomic E-state index is 12.0. The topological polar surface area (TPSA) is 55.1 Å². The van der Waals surface area contributed by atoms with Gasteiger partial charge in [0.2, 0.25) is 5.76 Å². The van der Waals surface area contributed by atoms with Crippen LogP contribution in [0.25, 0.3) is 11.3 Å². The summed E-state index contributed by atoms with van der Waals surface area (Å²) >= 11 is 0. The van der Waals surface area contributed by atoms with Crippen molar-refractivity contribution >= 4 is 5.91 Å². The molecule has 2 aromatic rings. The standard InChI is InChI=1S/C15H16N2O2/c1-10-7-12(8-10)16-15(18)14-9-13(17-19-14)11-5-3-2-4-6-11/h2-6,9-10,12H,7-8H2,1H3,(H,16,18)/i1T. The Bertz CT molecular complexity index is 591. The van der Waals surface area contributed by atoms with Gasteiger partial charge in [0.15, 0.2) is 0 Å². The van der Waals surface area contributed by atoms with Crippen molar-refractivity contribution in [2.75, 3.05) is 0 Å². The number of rotatable bonds is 3. The monoisotopic (exact) mass is 258 g/mol. The van der Waals surface area contributed by atoms with Gasteiger partial charge in [-0.1, -0.05) is 42.4 Å². The second kappa shape index (κ2) is 4.88. The SMILES string of the molecule is [3H]CC1CC(NC(=O)c2cc(-c3ccccc3)no2)C1. The Morgan fingerprint density at radius 2 is 2.21 bits per heavy atom. The van der Waals surface area contributed by atoms with Crippen LogP contribution in [-0.4, -0.2) is 17.1 Å². The third-order valence-corrected chi connectivity index (χ3v) is 3.37. The van der Waals surface area contributed by atoms with Crippen molar-refractivity contribution in [3.8, 4) is 11.3 Å². The summed E-state index contributed by atoms with van der Waals surface area (Å²) in [5.74, 6) is 0.432. The highest BCUT2D eigenvalue weighted by Crippen LogP contribution is 2.26. The third kappa shape index (κ3) is 2.52. The van der Waals surface area contributed by atoms with E-state index in [1.54, 1.807) is 6.07 Å². The van der Waals surface area contributed by atoms with Gasteiger partial charge >= 0.3 is 0 Å². The molecule has 0 aliphatic heterocycles. The summed E-state index contributed by atoms with van der Waals surface area (Å²) in [6.07, 6.45) is 1.77. The van der Waals surface area contributed by atoms with Gasteiger partial charge in [0.05, 0.1) is 0 Å². The van der Waals surface area contributed by atoms with E-state index in [0.29, 0.717) is 18.5 Å². The second-order valence-electron chi connectivity index (χ2n) is 4.95. The Balaban J connectivity index is 1.64. The molecule has 19 heavy (non-hydrogen) atoms. The van der Waals surface area contributed by atoms with Gasteiger partial charge in [-0.25, -0.2) is 0 Å². The van der Waals surface area contributed by atoms with E-state index in [2.05, 4.69) is 10.5 Å². The Kier molecular flexibility index (Phi) is 2.77. The molecule has 0 bridgehead atoms. The number of amides is 1. The van der Waals surface area contributed by atoms with Gasteiger partial charge in [0.25, 0.3) is 5.91 Å². The van der Waals surface area contributed by atoms with Crippen molar-refractivity contribution in [1.82, 2.24) is 10.5 Å². The van der Waals surface area contributed by atoms with Crippen molar-refractivity contribution in [2.45, 2.75) is 25.8 Å². The van der Waals surface area contributed by atoms with Crippen LogP contribution in [0.5, 0.6) is 0 Å². The number of benzene rings is 1. The second-order valence-corrected chi connectivity index (χ2v) is 4.95. The average molecular weight is 258 g/mol. The van der Waals surface area contributed by atoms with Crippen LogP contribution in [0.3, 0.4) is 0 Å². The first-order valence-corrected chi connectivity index (χ1v) is 6.38. The summed E-state index contributed by atoms with van der Waals surface area (Å²) in [5, 5.41) is 6.83. The number of nitrogens with one attached hydrogen (secondary N) is 1. The molecule has 98 valence electrons. The number of hydrogen-bond acceptors (Lipinski definition) is 3. The van der Waals surface area contributed by atoms with Crippen LogP contribution in [0, 0.1) is 5.92 Å². The normalized spacial score (nSPS) is 22.4. The lowest BCUT2D eigenvalue weighted by Gasteiger charge is -2.32.